The number of ether oxygens (including phenoxy) is 1. The van der Waals surface area contributed by atoms with Crippen molar-refractivity contribution in [2.45, 2.75) is 25.6 Å². The summed E-state index contributed by atoms with van der Waals surface area (Å²) >= 11 is 0. The van der Waals surface area contributed by atoms with E-state index in [1.54, 1.807) is 17.0 Å². The summed E-state index contributed by atoms with van der Waals surface area (Å²) in [7, 11) is 0. The fraction of sp³-hybridized carbons (Fsp3) is 0.533. The number of rotatable bonds is 5. The predicted octanol–water partition coefficient (Wildman–Crippen LogP) is 2.75. The lowest BCUT2D eigenvalue weighted by molar-refractivity contribution is -0.274. The third-order valence-electron chi connectivity index (χ3n) is 3.78. The Morgan fingerprint density at radius 2 is 2.04 bits per heavy atom. The molecule has 2 N–H and O–H groups in total. The molecule has 0 radical (unpaired) electrons. The van der Waals surface area contributed by atoms with Gasteiger partial charge in [0.15, 0.2) is 0 Å². The first-order chi connectivity index (χ1) is 10.4. The van der Waals surface area contributed by atoms with Gasteiger partial charge in [0.25, 0.3) is 0 Å². The van der Waals surface area contributed by atoms with Gasteiger partial charge in [-0.05, 0) is 36.9 Å². The highest BCUT2D eigenvalue weighted by atomic mass is 35.5. The molecule has 0 aromatic heterocycles. The Bertz CT molecular complexity index is 526. The maximum absolute atomic E-state index is 12.3. The molecule has 23 heavy (non-hydrogen) atoms. The predicted molar refractivity (Wildman–Crippen MR) is 82.4 cm³/mol. The van der Waals surface area contributed by atoms with Gasteiger partial charge in [0.1, 0.15) is 5.75 Å². The summed E-state index contributed by atoms with van der Waals surface area (Å²) in [6.07, 6.45) is -3.47. The van der Waals surface area contributed by atoms with E-state index in [-0.39, 0.29) is 36.9 Å². The van der Waals surface area contributed by atoms with Crippen LogP contribution < -0.4 is 10.5 Å². The van der Waals surface area contributed by atoms with Crippen LogP contribution in [0.4, 0.5) is 13.2 Å². The van der Waals surface area contributed by atoms with Gasteiger partial charge in [-0.25, -0.2) is 0 Å². The fourth-order valence-corrected chi connectivity index (χ4v) is 2.59. The van der Waals surface area contributed by atoms with Crippen LogP contribution in [-0.2, 0) is 11.2 Å². The van der Waals surface area contributed by atoms with E-state index < -0.39 is 6.36 Å². The van der Waals surface area contributed by atoms with Gasteiger partial charge < -0.3 is 15.4 Å². The maximum Gasteiger partial charge on any atom is 0.573 e. The SMILES string of the molecule is Cl.NCC1CCN(C(=O)CCc2ccccc2OC(F)(F)F)C1. The molecule has 0 aliphatic carbocycles. The van der Waals surface area contributed by atoms with Crippen molar-refractivity contribution < 1.29 is 22.7 Å². The zero-order valence-corrected chi connectivity index (χ0v) is 13.3. The summed E-state index contributed by atoms with van der Waals surface area (Å²) in [5.41, 5.74) is 5.96. The monoisotopic (exact) mass is 352 g/mol. The van der Waals surface area contributed by atoms with Gasteiger partial charge in [-0.1, -0.05) is 18.2 Å². The number of carbonyl (C=O) groups excluding carboxylic acids is 1. The highest BCUT2D eigenvalue weighted by Gasteiger charge is 2.32. The quantitative estimate of drug-likeness (QED) is 0.886. The Kier molecular flexibility index (Phi) is 7.15. The normalized spacial score (nSPS) is 17.7. The van der Waals surface area contributed by atoms with Crippen molar-refractivity contribution in [2.24, 2.45) is 11.7 Å². The molecule has 0 spiro atoms. The summed E-state index contributed by atoms with van der Waals surface area (Å²) in [5.74, 6) is 0.0200. The Labute approximate surface area is 139 Å². The van der Waals surface area contributed by atoms with E-state index in [4.69, 9.17) is 5.73 Å². The van der Waals surface area contributed by atoms with Crippen molar-refractivity contribution in [3.05, 3.63) is 29.8 Å². The third-order valence-corrected chi connectivity index (χ3v) is 3.78. The minimum atomic E-state index is -4.73. The second-order valence-corrected chi connectivity index (χ2v) is 5.39. The first-order valence-corrected chi connectivity index (χ1v) is 7.20. The molecule has 1 atom stereocenters. The van der Waals surface area contributed by atoms with Crippen LogP contribution in [0, 0.1) is 5.92 Å². The standard InChI is InChI=1S/C15H19F3N2O2.ClH/c16-15(17,18)22-13-4-2-1-3-12(13)5-6-14(21)20-8-7-11(9-19)10-20;/h1-4,11H,5-10,19H2;1H. The molecule has 4 nitrogen and oxygen atoms in total. The smallest absolute Gasteiger partial charge is 0.406 e. The molecule has 2 rings (SSSR count). The molecule has 1 heterocycles. The number of benzene rings is 1. The highest BCUT2D eigenvalue weighted by Crippen LogP contribution is 2.27. The number of hydrogen-bond donors (Lipinski definition) is 1. The van der Waals surface area contributed by atoms with Crippen molar-refractivity contribution in [1.82, 2.24) is 4.90 Å². The average Bonchev–Trinajstić information content (AvgIpc) is 2.93. The third kappa shape index (κ3) is 5.91. The van der Waals surface area contributed by atoms with Gasteiger partial charge in [-0.15, -0.1) is 25.6 Å². The molecule has 1 aliphatic heterocycles. The van der Waals surface area contributed by atoms with Crippen molar-refractivity contribution in [3.63, 3.8) is 0 Å². The summed E-state index contributed by atoms with van der Waals surface area (Å²) in [4.78, 5) is 13.8. The van der Waals surface area contributed by atoms with Gasteiger partial charge >= 0.3 is 6.36 Å². The number of halogens is 4. The molecular formula is C15H20ClF3N2O2. The van der Waals surface area contributed by atoms with Crippen LogP contribution in [0.15, 0.2) is 24.3 Å². The number of carbonyl (C=O) groups is 1. The molecule has 1 aliphatic rings. The van der Waals surface area contributed by atoms with Gasteiger partial charge in [-0.2, -0.15) is 0 Å². The Morgan fingerprint density at radius 1 is 1.35 bits per heavy atom. The van der Waals surface area contributed by atoms with Crippen LogP contribution in [0.5, 0.6) is 5.75 Å². The molecular weight excluding hydrogens is 333 g/mol. The summed E-state index contributed by atoms with van der Waals surface area (Å²) in [6, 6.07) is 5.90. The molecule has 130 valence electrons. The van der Waals surface area contributed by atoms with Crippen LogP contribution in [0.1, 0.15) is 18.4 Å². The molecule has 1 amide bonds. The molecule has 8 heteroatoms. The Balaban J connectivity index is 0.00000264. The van der Waals surface area contributed by atoms with Crippen LogP contribution >= 0.6 is 12.4 Å². The van der Waals surface area contributed by atoms with Crippen LogP contribution in [0.3, 0.4) is 0 Å². The lowest BCUT2D eigenvalue weighted by Gasteiger charge is -2.17. The van der Waals surface area contributed by atoms with E-state index in [1.807, 2.05) is 0 Å². The zero-order valence-electron chi connectivity index (χ0n) is 12.5. The lowest BCUT2D eigenvalue weighted by Crippen LogP contribution is -2.30. The van der Waals surface area contributed by atoms with Gasteiger partial charge in [-0.3, -0.25) is 4.79 Å². The fourth-order valence-electron chi connectivity index (χ4n) is 2.59. The lowest BCUT2D eigenvalue weighted by atomic mass is 10.1. The number of amides is 1. The average molecular weight is 353 g/mol. The van der Waals surface area contributed by atoms with Crippen molar-refractivity contribution >= 4 is 18.3 Å². The molecule has 0 bridgehead atoms. The topological polar surface area (TPSA) is 55.6 Å². The molecule has 1 aromatic rings. The van der Waals surface area contributed by atoms with Crippen LogP contribution in [0.2, 0.25) is 0 Å². The number of nitrogens with two attached hydrogens (primary N) is 1. The van der Waals surface area contributed by atoms with Gasteiger partial charge in [0.05, 0.1) is 0 Å². The number of para-hydroxylation sites is 1. The first kappa shape index (κ1) is 19.6. The van der Waals surface area contributed by atoms with Crippen molar-refractivity contribution in [3.8, 4) is 5.75 Å². The van der Waals surface area contributed by atoms with Gasteiger partial charge in [0.2, 0.25) is 5.91 Å². The first-order valence-electron chi connectivity index (χ1n) is 7.20. The van der Waals surface area contributed by atoms with Crippen molar-refractivity contribution in [1.29, 1.82) is 0 Å². The Hall–Kier alpha value is -1.47. The van der Waals surface area contributed by atoms with Crippen LogP contribution in [-0.4, -0.2) is 36.8 Å². The maximum atomic E-state index is 12.3. The minimum absolute atomic E-state index is 0. The van der Waals surface area contributed by atoms with Crippen molar-refractivity contribution in [2.75, 3.05) is 19.6 Å². The molecule has 1 aromatic carbocycles. The second-order valence-electron chi connectivity index (χ2n) is 5.39. The largest absolute Gasteiger partial charge is 0.573 e. The summed E-state index contributed by atoms with van der Waals surface area (Å²) < 4.78 is 41.0. The van der Waals surface area contributed by atoms with E-state index in [0.717, 1.165) is 6.42 Å². The molecule has 1 unspecified atom stereocenters. The minimum Gasteiger partial charge on any atom is -0.406 e. The summed E-state index contributed by atoms with van der Waals surface area (Å²) in [6.45, 7) is 1.85. The zero-order chi connectivity index (χ0) is 16.2. The molecule has 1 saturated heterocycles. The number of likely N-dealkylation sites (tertiary alicyclic amines) is 1. The number of nitrogens with zero attached hydrogens (tertiary/aromatic N) is 1. The number of hydrogen-bond acceptors (Lipinski definition) is 3. The van der Waals surface area contributed by atoms with E-state index in [0.29, 0.717) is 31.1 Å². The van der Waals surface area contributed by atoms with E-state index >= 15 is 0 Å². The van der Waals surface area contributed by atoms with E-state index in [2.05, 4.69) is 4.74 Å². The number of aryl methyl sites for hydroxylation is 1. The van der Waals surface area contributed by atoms with Gasteiger partial charge in [0, 0.05) is 19.5 Å². The van der Waals surface area contributed by atoms with E-state index in [1.165, 1.54) is 12.1 Å². The van der Waals surface area contributed by atoms with E-state index in [9.17, 15) is 18.0 Å². The van der Waals surface area contributed by atoms with Crippen LogP contribution in [0.25, 0.3) is 0 Å². The Morgan fingerprint density at radius 3 is 2.65 bits per heavy atom. The molecule has 0 saturated carbocycles. The molecule has 1 fully saturated rings. The number of alkyl halides is 3. The highest BCUT2D eigenvalue weighted by molar-refractivity contribution is 5.85. The summed E-state index contributed by atoms with van der Waals surface area (Å²) in [5, 5.41) is 0. The second kappa shape index (κ2) is 8.40.